The first-order chi connectivity index (χ1) is 66.4. The van der Waals surface area contributed by atoms with Gasteiger partial charge in [-0.1, -0.05) is 186 Å². The van der Waals surface area contributed by atoms with E-state index in [0.29, 0.717) is 84.4 Å². The second-order valence-electron chi connectivity index (χ2n) is 30.2. The van der Waals surface area contributed by atoms with Gasteiger partial charge in [0.2, 0.25) is 17.1 Å². The Labute approximate surface area is 802 Å². The minimum atomic E-state index is -2.47. The minimum absolute atomic E-state index is 0. The van der Waals surface area contributed by atoms with Gasteiger partial charge in [-0.2, -0.15) is 0 Å². The largest absolute Gasteiger partial charge is 0.486 e. The normalized spacial score (nSPS) is 15.7. The van der Waals surface area contributed by atoms with Gasteiger partial charge in [0.05, 0.1) is 16.7 Å². The van der Waals surface area contributed by atoms with E-state index in [0.717, 1.165) is 111 Å². The fourth-order valence-electron chi connectivity index (χ4n) is 13.6. The van der Waals surface area contributed by atoms with Crippen molar-refractivity contribution in [1.82, 2.24) is 44.9 Å². The third-order valence-corrected chi connectivity index (χ3v) is 19.4. The zero-order valence-electron chi connectivity index (χ0n) is 92.4. The summed E-state index contributed by atoms with van der Waals surface area (Å²) in [6.45, 7) is 16.7. The average Bonchev–Trinajstić information content (AvgIpc) is 1.64. The molecule has 0 amide bonds. The van der Waals surface area contributed by atoms with E-state index in [4.69, 9.17) is 42.0 Å². The van der Waals surface area contributed by atoms with Crippen LogP contribution < -0.4 is 0 Å². The van der Waals surface area contributed by atoms with Crippen molar-refractivity contribution in [2.75, 3.05) is 0 Å². The summed E-state index contributed by atoms with van der Waals surface area (Å²) >= 11 is 0. The number of hydrogen-bond donors (Lipinski definition) is 0. The number of aromatic nitrogens is 9. The number of benzene rings is 6. The van der Waals surface area contributed by atoms with Crippen molar-refractivity contribution in [1.29, 1.82) is 0 Å². The van der Waals surface area contributed by atoms with Gasteiger partial charge in [0.25, 0.3) is 0 Å². The zero-order valence-corrected chi connectivity index (χ0v) is 78.6. The molecule has 0 aliphatic heterocycles. The van der Waals surface area contributed by atoms with Crippen molar-refractivity contribution < 1.29 is 102 Å². The van der Waals surface area contributed by atoms with Gasteiger partial charge in [-0.25, -0.2) is 15.0 Å². The molecule has 12 aromatic heterocycles. The monoisotopic (exact) mass is 2190 g/mol. The van der Waals surface area contributed by atoms with Crippen LogP contribution in [0.3, 0.4) is 0 Å². The quantitative estimate of drug-likeness (QED) is 0.0897. The van der Waals surface area contributed by atoms with Crippen molar-refractivity contribution in [3.05, 3.63) is 340 Å². The number of rotatable bonds is 15. The van der Waals surface area contributed by atoms with Crippen LogP contribution in [0.2, 0.25) is 0 Å². The number of nitrogens with zero attached hydrogens (tertiary/aromatic N) is 9. The van der Waals surface area contributed by atoms with Gasteiger partial charge in [0.15, 0.2) is 0 Å². The van der Waals surface area contributed by atoms with Crippen LogP contribution >= 0.6 is 0 Å². The van der Waals surface area contributed by atoms with E-state index in [9.17, 15) is 0 Å². The Kier molecular flexibility index (Phi) is 24.6. The van der Waals surface area contributed by atoms with Gasteiger partial charge < -0.3 is 43.2 Å². The first kappa shape index (κ1) is 69.3. The Morgan fingerprint density at radius 3 is 1.05 bits per heavy atom. The van der Waals surface area contributed by atoms with Crippen LogP contribution in [0.4, 0.5) is 0 Å². The molecule has 3 radical (unpaired) electrons. The van der Waals surface area contributed by atoms with Crippen LogP contribution in [-0.4, -0.2) is 44.9 Å². The zero-order chi connectivity index (χ0) is 104. The Morgan fingerprint density at radius 1 is 0.331 bits per heavy atom. The van der Waals surface area contributed by atoms with E-state index in [1.165, 1.54) is 51.6 Å². The first-order valence-corrected chi connectivity index (χ1v) is 39.8. The summed E-state index contributed by atoms with van der Waals surface area (Å²) in [6, 6.07) is 78.3. The molecule has 18 aromatic rings. The second kappa shape index (κ2) is 44.1. The van der Waals surface area contributed by atoms with Gasteiger partial charge in [-0.3, -0.25) is 0 Å². The van der Waals surface area contributed by atoms with Crippen molar-refractivity contribution in [3.8, 4) is 67.5 Å². The van der Waals surface area contributed by atoms with Gasteiger partial charge in [0, 0.05) is 160 Å². The molecule has 15 heteroatoms. The van der Waals surface area contributed by atoms with Crippen LogP contribution in [0.15, 0.2) is 245 Å². The van der Waals surface area contributed by atoms with E-state index in [2.05, 4.69) is 81.3 Å². The third-order valence-electron chi connectivity index (χ3n) is 19.4. The summed E-state index contributed by atoms with van der Waals surface area (Å²) in [5.41, 5.74) is 19.5. The SMILES string of the molecule is [2H]C([2H])([2H])C([2H])(C)c1cnc(-c2[c-]cccc2)cc1C.[2H]C([2H])([2H])C([2H])(C)c1cnc(-c2[c-]cccc2)cc1C.[2H]C([2H])([2H])C([2H])(C)c1cnc(-c2[c-]cccc2)cc1C.[2H]C([2H])([2H])c1cnc(-c2[c-]ccc3c2oc2nc(C)ccc23)cc1C([2H])([2H])C(C)C.[2H]C([2H])(c1ccc(-c2[c-]ccc3c2oc2nc(C)ccc23)nc1)C(C)C.[2H]C([2H])(c1ccnc(-c2[c-]ccc3c2oc2nc(C)ccc23)c1)C(C)C.[Ir].[Ir].[Ir]. The molecule has 639 valence electrons. The molecular weight excluding hydrogens is 2060 g/mol. The van der Waals surface area contributed by atoms with Crippen molar-refractivity contribution >= 4 is 66.2 Å². The van der Waals surface area contributed by atoms with Crippen molar-refractivity contribution in [3.63, 3.8) is 0 Å². The fourth-order valence-corrected chi connectivity index (χ4v) is 13.6. The molecule has 0 N–H and O–H groups in total. The molecule has 0 bridgehead atoms. The Balaban J connectivity index is 0.000000179. The third kappa shape index (κ3) is 23.7. The Morgan fingerprint density at radius 2 is 0.702 bits per heavy atom. The standard InChI is InChI=1S/C22H21N2O.2C21H19N2O.3C15H16N.3Ir/c1-13(2)10-16-11-20(23-12-14(16)3)19-7-5-6-17-18-9-8-15(4)24-22(18)25-21(17)19;1-13(2)11-15-8-10-19(22-12-15)18-6-4-5-16-17-9-7-14(3)23-21(17)24-20(16)18;1-13(2)11-15-9-10-22-19(12-15)18-6-4-5-16-17-8-7-14(3)23-21(17)24-20(16)18;3*1-11(2)14-10-16-15(9-12(14)3)13-7-5-4-6-8-13;;;/h5-6,8-9,11-13H,10H2,1-4H3;2*4-5,7-10,12-13H,11H2,1-3H3;3*4-7,9-11H,1-3H3;;;/q6*-1;;;/i3D3,10D2;2*11D2;3*1D3,11D;;;. The van der Waals surface area contributed by atoms with Crippen LogP contribution in [0.1, 0.15) is 202 Å². The van der Waals surface area contributed by atoms with Crippen LogP contribution in [0.25, 0.3) is 134 Å². The smallest absolute Gasteiger partial charge is 0.216 e. The van der Waals surface area contributed by atoms with Crippen molar-refractivity contribution in [2.24, 2.45) is 17.8 Å². The predicted octanol–water partition coefficient (Wildman–Crippen LogP) is 28.3. The van der Waals surface area contributed by atoms with Crippen LogP contribution in [0, 0.1) is 103 Å². The van der Waals surface area contributed by atoms with Crippen LogP contribution in [0.5, 0.6) is 0 Å². The summed E-state index contributed by atoms with van der Waals surface area (Å²) in [5, 5.41) is 5.57. The Hall–Kier alpha value is -11.0. The summed E-state index contributed by atoms with van der Waals surface area (Å²) in [5.74, 6) is -5.69. The number of aryl methyl sites for hydroxylation is 7. The number of furan rings is 3. The van der Waals surface area contributed by atoms with E-state index in [1.807, 2.05) is 197 Å². The molecule has 3 unspecified atom stereocenters. The molecule has 0 spiro atoms. The van der Waals surface area contributed by atoms with Gasteiger partial charge in [-0.05, 0) is 207 Å². The molecule has 0 aliphatic rings. The molecule has 0 saturated heterocycles. The van der Waals surface area contributed by atoms with E-state index in [1.54, 1.807) is 86.9 Å². The molecule has 18 rings (SSSR count). The molecular formula is C109H107Ir3N9O3-6. The summed E-state index contributed by atoms with van der Waals surface area (Å²) in [7, 11) is 0. The van der Waals surface area contributed by atoms with E-state index < -0.39 is 70.1 Å². The molecule has 0 saturated carbocycles. The topological polar surface area (TPSA) is 155 Å². The molecule has 3 atom stereocenters. The molecule has 0 aliphatic carbocycles. The van der Waals surface area contributed by atoms with Crippen LogP contribution in [-0.2, 0) is 79.4 Å². The fraction of sp³-hybridized carbons (Fsp3) is 0.257. The number of hydrogen-bond acceptors (Lipinski definition) is 12. The summed E-state index contributed by atoms with van der Waals surface area (Å²) < 4.78 is 184. The maximum Gasteiger partial charge on any atom is 0.216 e. The van der Waals surface area contributed by atoms with Gasteiger partial charge >= 0.3 is 0 Å². The molecule has 124 heavy (non-hydrogen) atoms. The molecule has 6 aromatic carbocycles. The Bertz CT molecular complexity index is 7300. The van der Waals surface area contributed by atoms with Gasteiger partial charge in [-0.15, -0.1) is 162 Å². The predicted molar refractivity (Wildman–Crippen MR) is 497 cm³/mol. The van der Waals surface area contributed by atoms with Crippen molar-refractivity contribution in [2.45, 2.75) is 168 Å². The summed E-state index contributed by atoms with van der Waals surface area (Å²) in [4.78, 5) is 39.5. The maximum absolute atomic E-state index is 8.52. The first-order valence-electron chi connectivity index (χ1n) is 50.3. The summed E-state index contributed by atoms with van der Waals surface area (Å²) in [6.07, 6.45) is 4.27. The molecule has 12 nitrogen and oxygen atoms in total. The second-order valence-corrected chi connectivity index (χ2v) is 30.2. The average molecular weight is 2190 g/mol. The maximum atomic E-state index is 8.52. The number of fused-ring (bicyclic) bond motifs is 9. The molecule has 0 fully saturated rings. The van der Waals surface area contributed by atoms with E-state index in [-0.39, 0.29) is 83.3 Å². The molecule has 12 heterocycles. The number of pyridine rings is 9. The van der Waals surface area contributed by atoms with Gasteiger partial charge in [0.1, 0.15) is 0 Å². The minimum Gasteiger partial charge on any atom is -0.486 e. The van der Waals surface area contributed by atoms with E-state index >= 15 is 0 Å².